The number of amides is 3. The summed E-state index contributed by atoms with van der Waals surface area (Å²) >= 11 is 1.49. The van der Waals surface area contributed by atoms with E-state index in [1.54, 1.807) is 62.3 Å². The average Bonchev–Trinajstić information content (AvgIpc) is 3.51. The molecule has 3 amide bonds. The number of aromatic nitrogens is 3. The van der Waals surface area contributed by atoms with E-state index in [0.29, 0.717) is 34.4 Å². The number of urea groups is 1. The summed E-state index contributed by atoms with van der Waals surface area (Å²) in [5.41, 5.74) is 5.12. The van der Waals surface area contributed by atoms with Crippen molar-refractivity contribution < 1.29 is 19.1 Å². The van der Waals surface area contributed by atoms with Gasteiger partial charge in [0.1, 0.15) is 17.3 Å². The Labute approximate surface area is 228 Å². The molecule has 3 heterocycles. The van der Waals surface area contributed by atoms with Crippen molar-refractivity contribution in [3.8, 4) is 21.9 Å². The van der Waals surface area contributed by atoms with Gasteiger partial charge in [0.2, 0.25) is 11.9 Å². The fourth-order valence-electron chi connectivity index (χ4n) is 4.09. The lowest BCUT2D eigenvalue weighted by Crippen LogP contribution is -2.46. The van der Waals surface area contributed by atoms with Crippen LogP contribution in [0.2, 0.25) is 0 Å². The summed E-state index contributed by atoms with van der Waals surface area (Å²) in [4.78, 5) is 42.7. The molecular weight excluding hydrogens is 518 g/mol. The standard InChI is InChI=1S/C27H25N7O4S/c1-5-24(35)30-22-8-16(23-13-28-15-39-23)6-7-21(22)31-26-29-12-17-14-34(27(36)33(2)25(17)32-26)18-9-19(37-3)11-20(10-18)38-4/h5-13,15H,1,14H2,2-4H3,(H,30,35)(H,29,31,32). The second kappa shape index (κ2) is 10.8. The van der Waals surface area contributed by atoms with Crippen molar-refractivity contribution in [1.29, 1.82) is 0 Å². The number of hydrogen-bond acceptors (Lipinski definition) is 9. The van der Waals surface area contributed by atoms with Crippen LogP contribution < -0.4 is 29.9 Å². The van der Waals surface area contributed by atoms with Crippen molar-refractivity contribution in [3.05, 3.63) is 72.5 Å². The van der Waals surface area contributed by atoms with E-state index in [4.69, 9.17) is 9.47 Å². The van der Waals surface area contributed by atoms with Gasteiger partial charge in [0.05, 0.1) is 48.2 Å². The zero-order chi connectivity index (χ0) is 27.5. The van der Waals surface area contributed by atoms with Gasteiger partial charge in [-0.25, -0.2) is 9.78 Å². The molecule has 0 spiro atoms. The molecular formula is C27H25N7O4S. The van der Waals surface area contributed by atoms with E-state index >= 15 is 0 Å². The lowest BCUT2D eigenvalue weighted by Gasteiger charge is -2.34. The molecule has 2 aromatic heterocycles. The normalized spacial score (nSPS) is 12.5. The molecule has 1 aliphatic rings. The highest BCUT2D eigenvalue weighted by Crippen LogP contribution is 2.36. The lowest BCUT2D eigenvalue weighted by molar-refractivity contribution is -0.111. The number of ether oxygens (including phenoxy) is 2. The van der Waals surface area contributed by atoms with Gasteiger partial charge < -0.3 is 20.1 Å². The first-order valence-electron chi connectivity index (χ1n) is 11.8. The average molecular weight is 544 g/mol. The maximum atomic E-state index is 13.3. The number of rotatable bonds is 8. The van der Waals surface area contributed by atoms with Gasteiger partial charge in [0.15, 0.2) is 0 Å². The maximum Gasteiger partial charge on any atom is 0.330 e. The number of thiazole rings is 1. The first-order valence-corrected chi connectivity index (χ1v) is 12.7. The second-order valence-corrected chi connectivity index (χ2v) is 9.37. The first-order chi connectivity index (χ1) is 18.9. The summed E-state index contributed by atoms with van der Waals surface area (Å²) in [7, 11) is 4.77. The number of benzene rings is 2. The summed E-state index contributed by atoms with van der Waals surface area (Å²) in [6, 6.07) is 10.6. The van der Waals surface area contributed by atoms with Crippen LogP contribution in [0.25, 0.3) is 10.4 Å². The molecule has 0 bridgehead atoms. The third-order valence-corrected chi connectivity index (χ3v) is 6.90. The van der Waals surface area contributed by atoms with Crippen molar-refractivity contribution >= 4 is 52.1 Å². The maximum absolute atomic E-state index is 13.3. The molecule has 0 fully saturated rings. The van der Waals surface area contributed by atoms with Gasteiger partial charge in [0.25, 0.3) is 0 Å². The number of hydrogen-bond donors (Lipinski definition) is 2. The van der Waals surface area contributed by atoms with Gasteiger partial charge in [0, 0.05) is 43.2 Å². The van der Waals surface area contributed by atoms with Crippen LogP contribution in [0.3, 0.4) is 0 Å². The van der Waals surface area contributed by atoms with Crippen LogP contribution in [-0.4, -0.2) is 48.2 Å². The SMILES string of the molecule is C=CC(=O)Nc1cc(-c2cncs2)ccc1Nc1ncc2c(n1)N(C)C(=O)N(c1cc(OC)cc(OC)c1)C2. The van der Waals surface area contributed by atoms with Crippen LogP contribution >= 0.6 is 11.3 Å². The van der Waals surface area contributed by atoms with Crippen LogP contribution in [0.4, 0.5) is 33.6 Å². The van der Waals surface area contributed by atoms with Crippen molar-refractivity contribution in [2.75, 3.05) is 41.7 Å². The minimum absolute atomic E-state index is 0.263. The number of nitrogens with zero attached hydrogens (tertiary/aromatic N) is 5. The van der Waals surface area contributed by atoms with Crippen LogP contribution in [0.1, 0.15) is 5.56 Å². The van der Waals surface area contributed by atoms with Gasteiger partial charge >= 0.3 is 6.03 Å². The number of carbonyl (C=O) groups is 2. The summed E-state index contributed by atoms with van der Waals surface area (Å²) in [5, 5.41) is 5.99. The Hall–Kier alpha value is -4.97. The Morgan fingerprint density at radius 3 is 2.54 bits per heavy atom. The van der Waals surface area contributed by atoms with E-state index in [-0.39, 0.29) is 24.4 Å². The molecule has 39 heavy (non-hydrogen) atoms. The number of anilines is 5. The molecule has 198 valence electrons. The predicted molar refractivity (Wildman–Crippen MR) is 151 cm³/mol. The van der Waals surface area contributed by atoms with Gasteiger partial charge in [-0.2, -0.15) is 4.98 Å². The second-order valence-electron chi connectivity index (χ2n) is 8.49. The molecule has 1 aliphatic heterocycles. The minimum atomic E-state index is -0.356. The Morgan fingerprint density at radius 1 is 1.10 bits per heavy atom. The van der Waals surface area contributed by atoms with E-state index in [1.807, 2.05) is 18.2 Å². The van der Waals surface area contributed by atoms with Crippen molar-refractivity contribution in [2.45, 2.75) is 6.54 Å². The molecule has 0 saturated carbocycles. The molecule has 5 rings (SSSR count). The van der Waals surface area contributed by atoms with Gasteiger partial charge in [-0.1, -0.05) is 12.6 Å². The first kappa shape index (κ1) is 25.7. The monoisotopic (exact) mass is 543 g/mol. The Bertz CT molecular complexity index is 1540. The number of nitrogens with one attached hydrogen (secondary N) is 2. The van der Waals surface area contributed by atoms with Crippen LogP contribution in [0, 0.1) is 0 Å². The van der Waals surface area contributed by atoms with Gasteiger partial charge in [-0.15, -0.1) is 11.3 Å². The molecule has 2 N–H and O–H groups in total. The summed E-state index contributed by atoms with van der Waals surface area (Å²) < 4.78 is 10.7. The minimum Gasteiger partial charge on any atom is -0.497 e. The highest BCUT2D eigenvalue weighted by atomic mass is 32.1. The van der Waals surface area contributed by atoms with Crippen molar-refractivity contribution in [1.82, 2.24) is 15.0 Å². The van der Waals surface area contributed by atoms with Crippen LogP contribution in [0.15, 0.2) is 67.0 Å². The molecule has 0 aliphatic carbocycles. The van der Waals surface area contributed by atoms with Crippen molar-refractivity contribution in [2.24, 2.45) is 0 Å². The molecule has 11 nitrogen and oxygen atoms in total. The van der Waals surface area contributed by atoms with E-state index in [0.717, 1.165) is 16.0 Å². The zero-order valence-electron chi connectivity index (χ0n) is 21.5. The molecule has 0 radical (unpaired) electrons. The predicted octanol–water partition coefficient (Wildman–Crippen LogP) is 5.06. The fraction of sp³-hybridized carbons (Fsp3) is 0.148. The fourth-order valence-corrected chi connectivity index (χ4v) is 4.71. The van der Waals surface area contributed by atoms with E-state index in [1.165, 1.54) is 22.3 Å². The summed E-state index contributed by atoms with van der Waals surface area (Å²) in [5.74, 6) is 1.53. The number of methoxy groups -OCH3 is 2. The van der Waals surface area contributed by atoms with Crippen LogP contribution in [0.5, 0.6) is 11.5 Å². The van der Waals surface area contributed by atoms with Crippen LogP contribution in [-0.2, 0) is 11.3 Å². The highest BCUT2D eigenvalue weighted by Gasteiger charge is 2.31. The Kier molecular flexibility index (Phi) is 7.10. The Balaban J connectivity index is 1.44. The molecule has 0 unspecified atom stereocenters. The van der Waals surface area contributed by atoms with E-state index in [2.05, 4.69) is 32.2 Å². The topological polar surface area (TPSA) is 122 Å². The zero-order valence-corrected chi connectivity index (χ0v) is 22.3. The third kappa shape index (κ3) is 5.22. The molecule has 0 saturated heterocycles. The number of fused-ring (bicyclic) bond motifs is 1. The smallest absolute Gasteiger partial charge is 0.330 e. The molecule has 2 aromatic carbocycles. The third-order valence-electron chi connectivity index (χ3n) is 6.08. The largest absolute Gasteiger partial charge is 0.497 e. The quantitative estimate of drug-likeness (QED) is 0.296. The summed E-state index contributed by atoms with van der Waals surface area (Å²) in [6.07, 6.45) is 4.63. The number of carbonyl (C=O) groups excluding carboxylic acids is 2. The van der Waals surface area contributed by atoms with E-state index < -0.39 is 0 Å². The lowest BCUT2D eigenvalue weighted by atomic mass is 10.1. The molecule has 12 heteroatoms. The molecule has 4 aromatic rings. The van der Waals surface area contributed by atoms with E-state index in [9.17, 15) is 9.59 Å². The van der Waals surface area contributed by atoms with Gasteiger partial charge in [-0.05, 0) is 23.8 Å². The summed E-state index contributed by atoms with van der Waals surface area (Å²) in [6.45, 7) is 3.80. The van der Waals surface area contributed by atoms with Gasteiger partial charge in [-0.3, -0.25) is 19.6 Å². The Morgan fingerprint density at radius 2 is 1.87 bits per heavy atom. The van der Waals surface area contributed by atoms with Crippen molar-refractivity contribution in [3.63, 3.8) is 0 Å². The molecule has 0 atom stereocenters. The highest BCUT2D eigenvalue weighted by molar-refractivity contribution is 7.13.